The van der Waals surface area contributed by atoms with Crippen molar-refractivity contribution in [1.29, 1.82) is 0 Å². The second-order valence-electron chi connectivity index (χ2n) is 7.38. The van der Waals surface area contributed by atoms with Gasteiger partial charge in [0.25, 0.3) is 11.8 Å². The molecule has 178 valence electrons. The maximum absolute atomic E-state index is 13.1. The zero-order valence-corrected chi connectivity index (χ0v) is 20.4. The minimum atomic E-state index is -0.227. The number of hydrogen-bond acceptors (Lipinski definition) is 8. The van der Waals surface area contributed by atoms with Crippen LogP contribution in [-0.2, 0) is 14.3 Å². The molecule has 0 spiro atoms. The van der Waals surface area contributed by atoms with E-state index in [1.165, 1.54) is 23.8 Å². The fourth-order valence-electron chi connectivity index (χ4n) is 3.58. The van der Waals surface area contributed by atoms with Gasteiger partial charge in [-0.25, -0.2) is 0 Å². The molecule has 0 N–H and O–H groups in total. The fraction of sp³-hybridized carbons (Fsp3) is 0.292. The largest absolute Gasteiger partial charge is 0.495 e. The Hall–Kier alpha value is -3.08. The SMILES string of the molecule is COc1cc(/C=C2\SC(=S)N(c3ccccc3OC)C2=O)ccc1OCC(=O)N1CCOCC1. The zero-order valence-electron chi connectivity index (χ0n) is 18.8. The first-order valence-electron chi connectivity index (χ1n) is 10.6. The molecule has 0 bridgehead atoms. The maximum atomic E-state index is 13.1. The Morgan fingerprint density at radius 1 is 1.09 bits per heavy atom. The third-order valence-electron chi connectivity index (χ3n) is 5.32. The number of para-hydroxylation sites is 2. The Morgan fingerprint density at radius 2 is 1.82 bits per heavy atom. The van der Waals surface area contributed by atoms with Crippen LogP contribution in [0.5, 0.6) is 17.2 Å². The van der Waals surface area contributed by atoms with Crippen LogP contribution in [-0.4, -0.2) is 68.2 Å². The predicted molar refractivity (Wildman–Crippen MR) is 135 cm³/mol. The number of ether oxygens (including phenoxy) is 4. The van der Waals surface area contributed by atoms with Crippen molar-refractivity contribution in [3.8, 4) is 17.2 Å². The first-order valence-corrected chi connectivity index (χ1v) is 11.8. The van der Waals surface area contributed by atoms with Gasteiger partial charge < -0.3 is 23.8 Å². The van der Waals surface area contributed by atoms with Crippen LogP contribution in [0.15, 0.2) is 47.4 Å². The zero-order chi connectivity index (χ0) is 24.1. The van der Waals surface area contributed by atoms with E-state index in [0.29, 0.717) is 58.5 Å². The first-order chi connectivity index (χ1) is 16.5. The van der Waals surface area contributed by atoms with Gasteiger partial charge in [0.05, 0.1) is 38.0 Å². The molecule has 2 aliphatic rings. The highest BCUT2D eigenvalue weighted by Crippen LogP contribution is 2.40. The molecule has 2 amide bonds. The second kappa shape index (κ2) is 10.9. The number of thioether (sulfide) groups is 1. The van der Waals surface area contributed by atoms with Crippen molar-refractivity contribution in [2.24, 2.45) is 0 Å². The van der Waals surface area contributed by atoms with E-state index in [9.17, 15) is 9.59 Å². The molecule has 0 aliphatic carbocycles. The summed E-state index contributed by atoms with van der Waals surface area (Å²) in [6.07, 6.45) is 1.75. The number of nitrogens with zero attached hydrogens (tertiary/aromatic N) is 2. The van der Waals surface area contributed by atoms with E-state index >= 15 is 0 Å². The second-order valence-corrected chi connectivity index (χ2v) is 9.06. The van der Waals surface area contributed by atoms with Gasteiger partial charge in [0.1, 0.15) is 5.75 Å². The Bertz CT molecular complexity index is 1130. The minimum absolute atomic E-state index is 0.0900. The predicted octanol–water partition coefficient (Wildman–Crippen LogP) is 3.35. The molecule has 2 aliphatic heterocycles. The van der Waals surface area contributed by atoms with E-state index in [-0.39, 0.29) is 18.4 Å². The Morgan fingerprint density at radius 3 is 2.56 bits per heavy atom. The summed E-state index contributed by atoms with van der Waals surface area (Å²) >= 11 is 6.68. The summed E-state index contributed by atoms with van der Waals surface area (Å²) in [7, 11) is 3.08. The monoisotopic (exact) mass is 500 g/mol. The lowest BCUT2D eigenvalue weighted by Crippen LogP contribution is -2.43. The third-order valence-corrected chi connectivity index (χ3v) is 6.62. The minimum Gasteiger partial charge on any atom is -0.495 e. The van der Waals surface area contributed by atoms with Gasteiger partial charge >= 0.3 is 0 Å². The molecule has 2 saturated heterocycles. The molecule has 0 unspecified atom stereocenters. The number of methoxy groups -OCH3 is 2. The molecule has 2 aromatic rings. The van der Waals surface area contributed by atoms with Crippen molar-refractivity contribution < 1.29 is 28.5 Å². The van der Waals surface area contributed by atoms with Crippen molar-refractivity contribution in [3.63, 3.8) is 0 Å². The number of anilines is 1. The number of rotatable bonds is 7. The summed E-state index contributed by atoms with van der Waals surface area (Å²) in [5.74, 6) is 1.14. The lowest BCUT2D eigenvalue weighted by molar-refractivity contribution is -0.137. The molecule has 0 aromatic heterocycles. The lowest BCUT2D eigenvalue weighted by Gasteiger charge is -2.26. The average Bonchev–Trinajstić information content (AvgIpc) is 3.15. The van der Waals surface area contributed by atoms with Gasteiger partial charge in [-0.15, -0.1) is 0 Å². The number of hydrogen-bond donors (Lipinski definition) is 0. The molecule has 0 atom stereocenters. The van der Waals surface area contributed by atoms with Gasteiger partial charge in [0, 0.05) is 13.1 Å². The van der Waals surface area contributed by atoms with E-state index < -0.39 is 0 Å². The number of thiocarbonyl (C=S) groups is 1. The summed E-state index contributed by atoms with van der Waals surface area (Å²) in [6, 6.07) is 12.5. The molecule has 10 heteroatoms. The van der Waals surface area contributed by atoms with Gasteiger partial charge in [-0.05, 0) is 35.9 Å². The normalized spacial score (nSPS) is 17.3. The highest BCUT2D eigenvalue weighted by atomic mass is 32.2. The molecule has 2 fully saturated rings. The van der Waals surface area contributed by atoms with Crippen LogP contribution < -0.4 is 19.1 Å². The highest BCUT2D eigenvalue weighted by molar-refractivity contribution is 8.27. The van der Waals surface area contributed by atoms with Crippen LogP contribution in [0.4, 0.5) is 5.69 Å². The summed E-state index contributed by atoms with van der Waals surface area (Å²) in [4.78, 5) is 29.1. The highest BCUT2D eigenvalue weighted by Gasteiger charge is 2.34. The van der Waals surface area contributed by atoms with E-state index in [1.807, 2.05) is 12.1 Å². The summed E-state index contributed by atoms with van der Waals surface area (Å²) in [5, 5.41) is 0. The van der Waals surface area contributed by atoms with E-state index in [0.717, 1.165) is 5.56 Å². The summed E-state index contributed by atoms with van der Waals surface area (Å²) in [5.41, 5.74) is 1.34. The molecule has 8 nitrogen and oxygen atoms in total. The fourth-order valence-corrected chi connectivity index (χ4v) is 4.86. The van der Waals surface area contributed by atoms with E-state index in [4.69, 9.17) is 31.2 Å². The molecule has 0 radical (unpaired) electrons. The summed E-state index contributed by atoms with van der Waals surface area (Å²) in [6.45, 7) is 2.10. The molecule has 2 heterocycles. The first kappa shape index (κ1) is 24.1. The molecular weight excluding hydrogens is 476 g/mol. The van der Waals surface area contributed by atoms with Gasteiger partial charge in [-0.1, -0.05) is 42.2 Å². The quantitative estimate of drug-likeness (QED) is 0.423. The Labute approximate surface area is 207 Å². The molecular formula is C24H24N2O6S2. The van der Waals surface area contributed by atoms with Crippen molar-refractivity contribution in [3.05, 3.63) is 52.9 Å². The third kappa shape index (κ3) is 5.19. The van der Waals surface area contributed by atoms with Gasteiger partial charge in [0.15, 0.2) is 22.4 Å². The topological polar surface area (TPSA) is 77.5 Å². The number of carbonyl (C=O) groups excluding carboxylic acids is 2. The van der Waals surface area contributed by atoms with Crippen molar-refractivity contribution >= 4 is 51.9 Å². The van der Waals surface area contributed by atoms with Crippen LogP contribution in [0.3, 0.4) is 0 Å². The van der Waals surface area contributed by atoms with Crippen molar-refractivity contribution in [2.45, 2.75) is 0 Å². The Kier molecular flexibility index (Phi) is 7.71. The number of carbonyl (C=O) groups is 2. The molecule has 34 heavy (non-hydrogen) atoms. The van der Waals surface area contributed by atoms with E-state index in [1.54, 1.807) is 48.4 Å². The number of benzene rings is 2. The van der Waals surface area contributed by atoms with Crippen LogP contribution in [0.1, 0.15) is 5.56 Å². The molecule has 4 rings (SSSR count). The smallest absolute Gasteiger partial charge is 0.270 e. The van der Waals surface area contributed by atoms with Gasteiger partial charge in [-0.2, -0.15) is 0 Å². The lowest BCUT2D eigenvalue weighted by atomic mass is 10.1. The van der Waals surface area contributed by atoms with Crippen molar-refractivity contribution in [2.75, 3.05) is 52.0 Å². The van der Waals surface area contributed by atoms with Gasteiger partial charge in [0.2, 0.25) is 0 Å². The average molecular weight is 501 g/mol. The van der Waals surface area contributed by atoms with Gasteiger partial charge in [-0.3, -0.25) is 14.5 Å². The van der Waals surface area contributed by atoms with E-state index in [2.05, 4.69) is 0 Å². The number of amides is 2. The van der Waals surface area contributed by atoms with Crippen LogP contribution >= 0.6 is 24.0 Å². The van der Waals surface area contributed by atoms with Crippen LogP contribution in [0, 0.1) is 0 Å². The molecule has 2 aromatic carbocycles. The Balaban J connectivity index is 1.49. The summed E-state index contributed by atoms with van der Waals surface area (Å²) < 4.78 is 22.2. The number of morpholine rings is 1. The van der Waals surface area contributed by atoms with Crippen molar-refractivity contribution in [1.82, 2.24) is 4.90 Å². The standard InChI is InChI=1S/C24H24N2O6S2/c1-29-18-6-4-3-5-17(18)26-23(28)21(34-24(26)33)14-16-7-8-19(20(13-16)30-2)32-15-22(27)25-9-11-31-12-10-25/h3-8,13-14H,9-12,15H2,1-2H3/b21-14-. The van der Waals surface area contributed by atoms with Crippen LogP contribution in [0.2, 0.25) is 0 Å². The maximum Gasteiger partial charge on any atom is 0.270 e. The van der Waals surface area contributed by atoms with Crippen LogP contribution in [0.25, 0.3) is 6.08 Å². The molecule has 0 saturated carbocycles.